The number of hydrogen-bond donors (Lipinski definition) is 2. The van der Waals surface area contributed by atoms with E-state index in [2.05, 4.69) is 15.3 Å². The highest BCUT2D eigenvalue weighted by atomic mass is 19.4. The summed E-state index contributed by atoms with van der Waals surface area (Å²) in [5.41, 5.74) is 0.273. The van der Waals surface area contributed by atoms with E-state index in [-0.39, 0.29) is 17.8 Å². The Bertz CT molecular complexity index is 1290. The van der Waals surface area contributed by atoms with E-state index in [0.717, 1.165) is 12.3 Å². The molecule has 1 amide bonds. The fourth-order valence-electron chi connectivity index (χ4n) is 3.46. The van der Waals surface area contributed by atoms with Crippen LogP contribution in [0.15, 0.2) is 35.4 Å². The number of halogens is 4. The fraction of sp³-hybridized carbons (Fsp3) is 0.333. The molecule has 3 aromatic heterocycles. The van der Waals surface area contributed by atoms with Gasteiger partial charge in [-0.15, -0.1) is 0 Å². The first-order chi connectivity index (χ1) is 15.0. The van der Waals surface area contributed by atoms with Gasteiger partial charge in [-0.05, 0) is 31.0 Å². The normalized spacial score (nSPS) is 19.1. The van der Waals surface area contributed by atoms with Crippen LogP contribution in [0.1, 0.15) is 23.8 Å². The lowest BCUT2D eigenvalue weighted by atomic mass is 10.0. The third kappa shape index (κ3) is 3.95. The van der Waals surface area contributed by atoms with E-state index in [1.54, 1.807) is 0 Å². The number of amides is 1. The Labute approximate surface area is 178 Å². The number of alkyl halides is 4. The Balaban J connectivity index is 1.71. The Morgan fingerprint density at radius 2 is 1.91 bits per heavy atom. The van der Waals surface area contributed by atoms with E-state index < -0.39 is 41.5 Å². The second-order valence-electron chi connectivity index (χ2n) is 7.77. The molecule has 0 radical (unpaired) electrons. The number of fused-ring (bicyclic) bond motifs is 1. The molecule has 3 aromatic rings. The lowest BCUT2D eigenvalue weighted by Gasteiger charge is -2.16. The van der Waals surface area contributed by atoms with Gasteiger partial charge in [-0.25, -0.2) is 9.37 Å². The first-order valence-corrected chi connectivity index (χ1v) is 9.63. The van der Waals surface area contributed by atoms with Crippen LogP contribution in [0.4, 0.5) is 23.4 Å². The standard InChI is InChI=1S/C21H18F4N4O3/c1-9-3-15(18(30)21(23,24)25)26-8-13(9)11-4-10-7-27-17(6-16(10)29(2)20(11)32)28-19(31)12-5-14(12)22/h3-4,6-8,12,14,18,30H,5H2,1-2H3,(H,27,28,31)/t12-,14+,18?/m1/s1. The van der Waals surface area contributed by atoms with E-state index in [1.807, 2.05) is 0 Å². The van der Waals surface area contributed by atoms with Gasteiger partial charge in [0.25, 0.3) is 5.56 Å². The van der Waals surface area contributed by atoms with Crippen molar-refractivity contribution in [3.8, 4) is 11.1 Å². The van der Waals surface area contributed by atoms with Gasteiger partial charge in [0.05, 0.1) is 17.1 Å². The number of nitrogens with one attached hydrogen (secondary N) is 1. The van der Waals surface area contributed by atoms with Gasteiger partial charge in [0.2, 0.25) is 5.91 Å². The molecule has 1 aliphatic rings. The lowest BCUT2D eigenvalue weighted by Crippen LogP contribution is -2.22. The van der Waals surface area contributed by atoms with Gasteiger partial charge in [-0.3, -0.25) is 14.6 Å². The predicted molar refractivity (Wildman–Crippen MR) is 108 cm³/mol. The molecule has 11 heteroatoms. The van der Waals surface area contributed by atoms with Crippen LogP contribution in [0.3, 0.4) is 0 Å². The number of nitrogens with zero attached hydrogens (tertiary/aromatic N) is 3. The van der Waals surface area contributed by atoms with Crippen molar-refractivity contribution in [1.29, 1.82) is 0 Å². The van der Waals surface area contributed by atoms with Crippen LogP contribution in [0.2, 0.25) is 0 Å². The number of anilines is 1. The molecule has 4 rings (SSSR count). The summed E-state index contributed by atoms with van der Waals surface area (Å²) in [7, 11) is 1.50. The second kappa shape index (κ2) is 7.66. The fourth-order valence-corrected chi connectivity index (χ4v) is 3.46. The molecular weight excluding hydrogens is 432 g/mol. The topological polar surface area (TPSA) is 97.1 Å². The van der Waals surface area contributed by atoms with Gasteiger partial charge in [0.1, 0.15) is 12.0 Å². The lowest BCUT2D eigenvalue weighted by molar-refractivity contribution is -0.207. The van der Waals surface area contributed by atoms with E-state index >= 15 is 0 Å². The van der Waals surface area contributed by atoms with Crippen molar-refractivity contribution < 1.29 is 27.5 Å². The quantitative estimate of drug-likeness (QED) is 0.595. The first-order valence-electron chi connectivity index (χ1n) is 9.63. The maximum Gasteiger partial charge on any atom is 0.420 e. The molecule has 0 aliphatic heterocycles. The summed E-state index contributed by atoms with van der Waals surface area (Å²) < 4.78 is 52.7. The van der Waals surface area contributed by atoms with Crippen LogP contribution in [0.5, 0.6) is 0 Å². The molecule has 7 nitrogen and oxygen atoms in total. The summed E-state index contributed by atoms with van der Waals surface area (Å²) >= 11 is 0. The van der Waals surface area contributed by atoms with Gasteiger partial charge in [0, 0.05) is 42.0 Å². The highest BCUT2D eigenvalue weighted by molar-refractivity contribution is 5.95. The highest BCUT2D eigenvalue weighted by Crippen LogP contribution is 2.35. The Kier molecular flexibility index (Phi) is 5.24. The van der Waals surface area contributed by atoms with Gasteiger partial charge >= 0.3 is 6.18 Å². The zero-order valence-corrected chi connectivity index (χ0v) is 16.9. The monoisotopic (exact) mass is 450 g/mol. The Morgan fingerprint density at radius 1 is 1.22 bits per heavy atom. The number of hydrogen-bond acceptors (Lipinski definition) is 5. The molecule has 2 N–H and O–H groups in total. The van der Waals surface area contributed by atoms with Crippen LogP contribution in [0.25, 0.3) is 22.0 Å². The molecule has 32 heavy (non-hydrogen) atoms. The summed E-state index contributed by atoms with van der Waals surface area (Å²) in [6.07, 6.45) is -6.01. The maximum absolute atomic E-state index is 13.1. The van der Waals surface area contributed by atoms with E-state index in [9.17, 15) is 32.3 Å². The second-order valence-corrected chi connectivity index (χ2v) is 7.77. The molecule has 1 saturated carbocycles. The summed E-state index contributed by atoms with van der Waals surface area (Å²) in [6, 6.07) is 4.10. The molecule has 168 valence electrons. The van der Waals surface area contributed by atoms with E-state index in [1.165, 1.54) is 36.9 Å². The number of carbonyl (C=O) groups excluding carboxylic acids is 1. The van der Waals surface area contributed by atoms with Gasteiger partial charge in [0.15, 0.2) is 6.10 Å². The molecule has 3 heterocycles. The molecular formula is C21H18F4N4O3. The minimum atomic E-state index is -4.86. The predicted octanol–water partition coefficient (Wildman–Crippen LogP) is 3.20. The van der Waals surface area contributed by atoms with Gasteiger partial charge in [-0.2, -0.15) is 13.2 Å². The molecule has 3 atom stereocenters. The van der Waals surface area contributed by atoms with Crippen LogP contribution < -0.4 is 10.9 Å². The number of aliphatic hydroxyl groups excluding tert-OH is 1. The maximum atomic E-state index is 13.1. The van der Waals surface area contributed by atoms with Crippen molar-refractivity contribution in [2.45, 2.75) is 31.8 Å². The summed E-state index contributed by atoms with van der Waals surface area (Å²) in [4.78, 5) is 32.7. The smallest absolute Gasteiger partial charge is 0.378 e. The Morgan fingerprint density at radius 3 is 2.50 bits per heavy atom. The molecule has 1 aliphatic carbocycles. The first kappa shape index (κ1) is 21.9. The molecule has 1 fully saturated rings. The SMILES string of the molecule is Cc1cc(C(O)C(F)(F)F)ncc1-c1cc2cnc(NC(=O)[C@@H]3C[C@@H]3F)cc2n(C)c1=O. The third-order valence-corrected chi connectivity index (χ3v) is 5.42. The average Bonchev–Trinajstić information content (AvgIpc) is 3.47. The number of aryl methyl sites for hydroxylation is 2. The minimum Gasteiger partial charge on any atom is -0.378 e. The van der Waals surface area contributed by atoms with Crippen molar-refractivity contribution in [1.82, 2.24) is 14.5 Å². The summed E-state index contributed by atoms with van der Waals surface area (Å²) in [5, 5.41) is 12.5. The largest absolute Gasteiger partial charge is 0.420 e. The van der Waals surface area contributed by atoms with Gasteiger partial charge in [-0.1, -0.05) is 0 Å². The van der Waals surface area contributed by atoms with Crippen LogP contribution >= 0.6 is 0 Å². The van der Waals surface area contributed by atoms with Crippen LogP contribution in [-0.4, -0.2) is 37.9 Å². The number of rotatable bonds is 4. The minimum absolute atomic E-state index is 0.174. The van der Waals surface area contributed by atoms with E-state index in [4.69, 9.17) is 0 Å². The van der Waals surface area contributed by atoms with Crippen LogP contribution in [-0.2, 0) is 11.8 Å². The third-order valence-electron chi connectivity index (χ3n) is 5.42. The summed E-state index contributed by atoms with van der Waals surface area (Å²) in [5.74, 6) is -0.991. The summed E-state index contributed by atoms with van der Waals surface area (Å²) in [6.45, 7) is 1.51. The molecule has 0 spiro atoms. The molecule has 1 unspecified atom stereocenters. The van der Waals surface area contributed by atoms with Crippen molar-refractivity contribution >= 4 is 22.6 Å². The number of carbonyl (C=O) groups is 1. The van der Waals surface area contributed by atoms with Crippen molar-refractivity contribution in [3.63, 3.8) is 0 Å². The number of pyridine rings is 3. The van der Waals surface area contributed by atoms with Crippen LogP contribution in [0, 0.1) is 12.8 Å². The molecule has 0 bridgehead atoms. The molecule has 0 saturated heterocycles. The number of aliphatic hydroxyl groups is 1. The van der Waals surface area contributed by atoms with E-state index in [0.29, 0.717) is 22.0 Å². The zero-order valence-electron chi connectivity index (χ0n) is 16.9. The average molecular weight is 450 g/mol. The van der Waals surface area contributed by atoms with Crippen molar-refractivity contribution in [2.24, 2.45) is 13.0 Å². The van der Waals surface area contributed by atoms with Gasteiger partial charge < -0.3 is 15.0 Å². The highest BCUT2D eigenvalue weighted by Gasteiger charge is 2.43. The zero-order chi connectivity index (χ0) is 23.4. The Hall–Kier alpha value is -3.34. The molecule has 0 aromatic carbocycles. The number of aromatic nitrogens is 3. The van der Waals surface area contributed by atoms with Crippen molar-refractivity contribution in [2.75, 3.05) is 5.32 Å². The van der Waals surface area contributed by atoms with Crippen molar-refractivity contribution in [3.05, 3.63) is 52.2 Å².